The van der Waals surface area contributed by atoms with Crippen molar-refractivity contribution in [1.82, 2.24) is 5.32 Å². The molecule has 0 saturated heterocycles. The van der Waals surface area contributed by atoms with Crippen LogP contribution >= 0.6 is 11.6 Å². The van der Waals surface area contributed by atoms with Crippen molar-refractivity contribution in [2.24, 2.45) is 0 Å². The molecule has 80 valence electrons. The summed E-state index contributed by atoms with van der Waals surface area (Å²) < 4.78 is 21.5. The van der Waals surface area contributed by atoms with Crippen LogP contribution in [0.2, 0.25) is 0 Å². The number of rotatable bonds is 7. The Labute approximate surface area is 85.8 Å². The predicted molar refractivity (Wildman–Crippen MR) is 57.1 cm³/mol. The van der Waals surface area contributed by atoms with Crippen molar-refractivity contribution in [1.29, 1.82) is 0 Å². The maximum absolute atomic E-state index is 10.7. The van der Waals surface area contributed by atoms with Gasteiger partial charge in [-0.1, -0.05) is 13.3 Å². The van der Waals surface area contributed by atoms with Crippen LogP contribution in [0.3, 0.4) is 0 Å². The van der Waals surface area contributed by atoms with Gasteiger partial charge < -0.3 is 5.32 Å². The first-order chi connectivity index (χ1) is 5.95. The summed E-state index contributed by atoms with van der Waals surface area (Å²) in [6.45, 7) is 3.25. The van der Waals surface area contributed by atoms with Crippen molar-refractivity contribution >= 4 is 21.4 Å². The number of nitrogens with one attached hydrogen (secondary N) is 1. The lowest BCUT2D eigenvalue weighted by molar-refractivity contribution is 0.592. The van der Waals surface area contributed by atoms with Crippen LogP contribution in [-0.4, -0.2) is 38.9 Å². The van der Waals surface area contributed by atoms with Crippen LogP contribution in [0.1, 0.15) is 19.8 Å². The van der Waals surface area contributed by atoms with Gasteiger partial charge in [0.2, 0.25) is 0 Å². The Morgan fingerprint density at radius 2 is 2.08 bits per heavy atom. The molecule has 0 radical (unpaired) electrons. The van der Waals surface area contributed by atoms with E-state index in [1.165, 1.54) is 6.26 Å². The Morgan fingerprint density at radius 1 is 1.46 bits per heavy atom. The summed E-state index contributed by atoms with van der Waals surface area (Å²) in [6, 6.07) is 0. The highest BCUT2D eigenvalue weighted by atomic mass is 35.5. The Balaban J connectivity index is 3.36. The Bertz CT molecular complexity index is 216. The fraction of sp³-hybridized carbons (Fsp3) is 1.00. The maximum atomic E-state index is 10.7. The molecule has 0 aliphatic rings. The molecule has 1 atom stereocenters. The van der Waals surface area contributed by atoms with E-state index in [0.29, 0.717) is 13.1 Å². The van der Waals surface area contributed by atoms with Gasteiger partial charge in [0.1, 0.15) is 9.84 Å². The standard InChI is InChI=1S/C8H18ClNO2S/c1-3-4-8(9)7-10-5-6-13(2,11)12/h8,10H,3-7H2,1-2H3. The van der Waals surface area contributed by atoms with Gasteiger partial charge in [-0.15, -0.1) is 11.6 Å². The summed E-state index contributed by atoms with van der Waals surface area (Å²) in [5, 5.41) is 3.13. The third kappa shape index (κ3) is 10.1. The minimum atomic E-state index is -2.84. The molecule has 0 heterocycles. The topological polar surface area (TPSA) is 46.2 Å². The lowest BCUT2D eigenvalue weighted by Gasteiger charge is -2.08. The van der Waals surface area contributed by atoms with Crippen LogP contribution < -0.4 is 5.32 Å². The van der Waals surface area contributed by atoms with Gasteiger partial charge in [-0.05, 0) is 6.42 Å². The molecule has 13 heavy (non-hydrogen) atoms. The molecule has 1 N–H and O–H groups in total. The van der Waals surface area contributed by atoms with Gasteiger partial charge >= 0.3 is 0 Å². The fourth-order valence-electron chi connectivity index (χ4n) is 0.932. The quantitative estimate of drug-likeness (QED) is 0.522. The van der Waals surface area contributed by atoms with Crippen LogP contribution in [0.25, 0.3) is 0 Å². The van der Waals surface area contributed by atoms with Crippen molar-refractivity contribution < 1.29 is 8.42 Å². The molecule has 0 aromatic heterocycles. The zero-order valence-corrected chi connectivity index (χ0v) is 9.79. The van der Waals surface area contributed by atoms with Gasteiger partial charge in [-0.25, -0.2) is 8.42 Å². The van der Waals surface area contributed by atoms with Crippen molar-refractivity contribution in [3.8, 4) is 0 Å². The normalized spacial score (nSPS) is 14.4. The number of alkyl halides is 1. The van der Waals surface area contributed by atoms with Crippen molar-refractivity contribution in [2.75, 3.05) is 25.1 Å². The molecule has 0 fully saturated rings. The van der Waals surface area contributed by atoms with Crippen LogP contribution in [0.15, 0.2) is 0 Å². The molecule has 0 saturated carbocycles. The minimum absolute atomic E-state index is 0.115. The maximum Gasteiger partial charge on any atom is 0.148 e. The molecule has 0 aliphatic heterocycles. The van der Waals surface area contributed by atoms with Crippen molar-refractivity contribution in [3.63, 3.8) is 0 Å². The van der Waals surface area contributed by atoms with Gasteiger partial charge in [0.25, 0.3) is 0 Å². The third-order valence-electron chi connectivity index (χ3n) is 1.62. The largest absolute Gasteiger partial charge is 0.314 e. The zero-order chi connectivity index (χ0) is 10.3. The van der Waals surface area contributed by atoms with Crippen LogP contribution in [0.5, 0.6) is 0 Å². The van der Waals surface area contributed by atoms with Crippen molar-refractivity contribution in [2.45, 2.75) is 25.1 Å². The summed E-state index contributed by atoms with van der Waals surface area (Å²) in [4.78, 5) is 0. The van der Waals surface area contributed by atoms with E-state index in [0.717, 1.165) is 12.8 Å². The summed E-state index contributed by atoms with van der Waals surface area (Å²) in [7, 11) is -2.84. The van der Waals surface area contributed by atoms with E-state index in [4.69, 9.17) is 11.6 Å². The van der Waals surface area contributed by atoms with E-state index in [1.807, 2.05) is 0 Å². The first kappa shape index (κ1) is 13.2. The first-order valence-electron chi connectivity index (χ1n) is 4.48. The molecular formula is C8H18ClNO2S. The summed E-state index contributed by atoms with van der Waals surface area (Å²) >= 11 is 5.92. The minimum Gasteiger partial charge on any atom is -0.314 e. The van der Waals surface area contributed by atoms with E-state index in [9.17, 15) is 8.42 Å². The second kappa shape index (κ2) is 6.62. The smallest absolute Gasteiger partial charge is 0.148 e. The first-order valence-corrected chi connectivity index (χ1v) is 6.98. The number of hydrogen-bond donors (Lipinski definition) is 1. The molecule has 0 bridgehead atoms. The van der Waals surface area contributed by atoms with E-state index >= 15 is 0 Å². The summed E-state index contributed by atoms with van der Waals surface area (Å²) in [5.74, 6) is 0.183. The third-order valence-corrected chi connectivity index (χ3v) is 2.94. The predicted octanol–water partition coefficient (Wildman–Crippen LogP) is 1.03. The molecule has 1 unspecified atom stereocenters. The molecule has 3 nitrogen and oxygen atoms in total. The highest BCUT2D eigenvalue weighted by Gasteiger charge is 2.04. The van der Waals surface area contributed by atoms with Gasteiger partial charge in [0.05, 0.1) is 5.75 Å². The molecule has 0 aromatic rings. The number of halogens is 1. The van der Waals surface area contributed by atoms with Crippen LogP contribution in [0, 0.1) is 0 Å². The lowest BCUT2D eigenvalue weighted by Crippen LogP contribution is -2.28. The molecular weight excluding hydrogens is 210 g/mol. The van der Waals surface area contributed by atoms with Gasteiger partial charge in [0, 0.05) is 24.7 Å². The number of hydrogen-bond acceptors (Lipinski definition) is 3. The van der Waals surface area contributed by atoms with E-state index in [2.05, 4.69) is 12.2 Å². The van der Waals surface area contributed by atoms with Crippen LogP contribution in [-0.2, 0) is 9.84 Å². The summed E-state index contributed by atoms with van der Waals surface area (Å²) in [5.41, 5.74) is 0. The molecule has 0 aromatic carbocycles. The summed E-state index contributed by atoms with van der Waals surface area (Å²) in [6.07, 6.45) is 3.26. The highest BCUT2D eigenvalue weighted by Crippen LogP contribution is 2.02. The second-order valence-corrected chi connectivity index (χ2v) is 6.10. The average Bonchev–Trinajstić information content (AvgIpc) is 1.97. The molecule has 5 heteroatoms. The zero-order valence-electron chi connectivity index (χ0n) is 8.22. The van der Waals surface area contributed by atoms with Gasteiger partial charge in [0.15, 0.2) is 0 Å². The van der Waals surface area contributed by atoms with E-state index in [-0.39, 0.29) is 11.1 Å². The van der Waals surface area contributed by atoms with Gasteiger partial charge in [-0.2, -0.15) is 0 Å². The molecule has 0 amide bonds. The average molecular weight is 228 g/mol. The highest BCUT2D eigenvalue weighted by molar-refractivity contribution is 7.90. The van der Waals surface area contributed by atoms with E-state index in [1.54, 1.807) is 0 Å². The Morgan fingerprint density at radius 3 is 2.54 bits per heavy atom. The number of sulfone groups is 1. The Kier molecular flexibility index (Phi) is 6.73. The SMILES string of the molecule is CCCC(Cl)CNCCS(C)(=O)=O. The lowest BCUT2D eigenvalue weighted by atomic mass is 10.2. The Hall–Kier alpha value is 0.200. The molecule has 0 rings (SSSR count). The second-order valence-electron chi connectivity index (χ2n) is 3.22. The monoisotopic (exact) mass is 227 g/mol. The molecule has 0 spiro atoms. The van der Waals surface area contributed by atoms with E-state index < -0.39 is 9.84 Å². The van der Waals surface area contributed by atoms with Crippen molar-refractivity contribution in [3.05, 3.63) is 0 Å². The fourth-order valence-corrected chi connectivity index (χ4v) is 1.77. The van der Waals surface area contributed by atoms with Crippen LogP contribution in [0.4, 0.5) is 0 Å². The molecule has 0 aliphatic carbocycles. The van der Waals surface area contributed by atoms with Gasteiger partial charge in [-0.3, -0.25) is 0 Å².